The third kappa shape index (κ3) is 2.32. The summed E-state index contributed by atoms with van der Waals surface area (Å²) in [5.41, 5.74) is -3.51. The first-order chi connectivity index (χ1) is 17.1. The van der Waals surface area contributed by atoms with Gasteiger partial charge in [0, 0.05) is 26.6 Å². The lowest BCUT2D eigenvalue weighted by Gasteiger charge is -2.65. The summed E-state index contributed by atoms with van der Waals surface area (Å²) >= 11 is 0. The average Bonchev–Trinajstić information content (AvgIpc) is 3.25. The minimum atomic E-state index is -1.14. The molecular weight excluding hydrogens is 474 g/mol. The summed E-state index contributed by atoms with van der Waals surface area (Å²) in [7, 11) is 1.85. The third-order valence-electron chi connectivity index (χ3n) is 11.4. The highest BCUT2D eigenvalue weighted by atomic mass is 16.5. The summed E-state index contributed by atoms with van der Waals surface area (Å²) in [5.74, 6) is 0.382. The fourth-order valence-electron chi connectivity index (χ4n) is 9.27. The van der Waals surface area contributed by atoms with Crippen molar-refractivity contribution in [2.45, 2.75) is 88.0 Å². The molecule has 200 valence electrons. The normalized spacial score (nSPS) is 42.5. The molecule has 1 aliphatic carbocycles. The number of hydrogen-bond donors (Lipinski definition) is 3. The topological polar surface area (TPSA) is 112 Å². The predicted octanol–water partition coefficient (Wildman–Crippen LogP) is 2.38. The van der Waals surface area contributed by atoms with E-state index in [9.17, 15) is 19.8 Å². The van der Waals surface area contributed by atoms with Gasteiger partial charge in [-0.2, -0.15) is 0 Å². The Labute approximate surface area is 217 Å². The fourth-order valence-corrected chi connectivity index (χ4v) is 9.27. The van der Waals surface area contributed by atoms with Crippen molar-refractivity contribution in [2.75, 3.05) is 32.1 Å². The quantitative estimate of drug-likeness (QED) is 0.459. The maximum Gasteiger partial charge on any atom is 0.246 e. The van der Waals surface area contributed by atoms with Gasteiger partial charge in [-0.25, -0.2) is 0 Å². The van der Waals surface area contributed by atoms with Crippen LogP contribution in [0.25, 0.3) is 0 Å². The zero-order valence-electron chi connectivity index (χ0n) is 22.5. The van der Waals surface area contributed by atoms with E-state index in [2.05, 4.69) is 24.1 Å². The minimum Gasteiger partial charge on any atom is -0.504 e. The molecular formula is C28H37N3O6. The molecule has 2 amide bonds. The molecule has 7 aliphatic rings. The van der Waals surface area contributed by atoms with Gasteiger partial charge in [0.1, 0.15) is 11.1 Å². The van der Waals surface area contributed by atoms with Crippen LogP contribution in [-0.2, 0) is 15.0 Å². The van der Waals surface area contributed by atoms with Crippen molar-refractivity contribution in [1.29, 1.82) is 0 Å². The lowest BCUT2D eigenvalue weighted by atomic mass is 9.55. The summed E-state index contributed by atoms with van der Waals surface area (Å²) in [6.45, 7) is 11.6. The number of piperazine rings is 1. The van der Waals surface area contributed by atoms with Gasteiger partial charge >= 0.3 is 0 Å². The fraction of sp³-hybridized carbons (Fsp3) is 0.714. The minimum absolute atomic E-state index is 0.0303. The molecule has 1 aromatic carbocycles. The number of nitrogens with zero attached hydrogens (tertiary/aromatic N) is 2. The Morgan fingerprint density at radius 3 is 2.57 bits per heavy atom. The zero-order chi connectivity index (χ0) is 26.6. The standard InChI is InChI=1S/C28H37N3O6/c1-23(2)8-10-36-20-18-15(11-16(32)19(20)37-23)27(21(33)29-18)13-26-14-31-9-7-25(5,35)28(31,22(34)30(26)6)12-17(26)24(27,3)4/h11,17,32,35H,7-10,12-14H2,1-6H3,(H,29,33). The number of hydrogen-bond acceptors (Lipinski definition) is 7. The van der Waals surface area contributed by atoms with Gasteiger partial charge in [0.2, 0.25) is 17.6 Å². The molecule has 3 N–H and O–H groups in total. The number of carbonyl (C=O) groups excluding carboxylic acids is 2. The van der Waals surface area contributed by atoms with E-state index >= 15 is 0 Å². The largest absolute Gasteiger partial charge is 0.504 e. The Morgan fingerprint density at radius 2 is 1.84 bits per heavy atom. The molecule has 0 aromatic heterocycles. The van der Waals surface area contributed by atoms with Crippen LogP contribution in [0.15, 0.2) is 6.07 Å². The molecule has 5 unspecified atom stereocenters. The lowest BCUT2D eigenvalue weighted by molar-refractivity contribution is -0.206. The van der Waals surface area contributed by atoms with Crippen molar-refractivity contribution >= 4 is 17.5 Å². The number of aromatic hydroxyl groups is 1. The molecule has 1 saturated carbocycles. The van der Waals surface area contributed by atoms with Gasteiger partial charge in [-0.05, 0) is 63.0 Å². The average molecular weight is 512 g/mol. The molecule has 0 radical (unpaired) electrons. The number of likely N-dealkylation sites (N-methyl/N-ethyl adjacent to an activating group) is 1. The van der Waals surface area contributed by atoms with Crippen molar-refractivity contribution in [3.63, 3.8) is 0 Å². The number of phenols is 1. The second-order valence-corrected chi connectivity index (χ2v) is 13.7. The second kappa shape index (κ2) is 6.37. The maximum absolute atomic E-state index is 14.2. The van der Waals surface area contributed by atoms with E-state index in [4.69, 9.17) is 9.47 Å². The number of carbonyl (C=O) groups is 2. The highest BCUT2D eigenvalue weighted by Gasteiger charge is 2.82. The first kappa shape index (κ1) is 23.6. The molecule has 37 heavy (non-hydrogen) atoms. The molecule has 2 bridgehead atoms. The van der Waals surface area contributed by atoms with Gasteiger partial charge in [0.15, 0.2) is 11.5 Å². The number of benzene rings is 1. The van der Waals surface area contributed by atoms with Crippen LogP contribution >= 0.6 is 0 Å². The highest BCUT2D eigenvalue weighted by molar-refractivity contribution is 6.10. The smallest absolute Gasteiger partial charge is 0.246 e. The Hall–Kier alpha value is -2.52. The number of ether oxygens (including phenoxy) is 2. The first-order valence-corrected chi connectivity index (χ1v) is 13.4. The molecule has 5 atom stereocenters. The van der Waals surface area contributed by atoms with Gasteiger partial charge in [0.25, 0.3) is 0 Å². The highest BCUT2D eigenvalue weighted by Crippen LogP contribution is 2.73. The molecule has 5 fully saturated rings. The predicted molar refractivity (Wildman–Crippen MR) is 135 cm³/mol. The first-order valence-electron chi connectivity index (χ1n) is 13.4. The van der Waals surface area contributed by atoms with Gasteiger partial charge in [-0.1, -0.05) is 13.8 Å². The molecule has 3 spiro atoms. The number of phenolic OH excluding ortho intramolecular Hbond substituents is 1. The number of fused-ring (bicyclic) bond motifs is 5. The van der Waals surface area contributed by atoms with E-state index in [-0.39, 0.29) is 29.2 Å². The van der Waals surface area contributed by atoms with E-state index in [1.54, 1.807) is 13.0 Å². The van der Waals surface area contributed by atoms with Crippen molar-refractivity contribution < 1.29 is 29.3 Å². The SMILES string of the molecule is CN1C(=O)C23CC4C1(CN2CCC3(C)O)CC1(C(=O)Nc2c1cc(O)c1c2OCCC(C)(C)O1)C4(C)C. The van der Waals surface area contributed by atoms with Gasteiger partial charge in [-0.3, -0.25) is 14.5 Å². The summed E-state index contributed by atoms with van der Waals surface area (Å²) in [4.78, 5) is 32.2. The Balaban J connectivity index is 1.43. The van der Waals surface area contributed by atoms with Crippen molar-refractivity contribution in [2.24, 2.45) is 11.3 Å². The van der Waals surface area contributed by atoms with Crippen LogP contribution in [0.4, 0.5) is 5.69 Å². The molecule has 8 rings (SSSR count). The van der Waals surface area contributed by atoms with Crippen LogP contribution in [0.2, 0.25) is 0 Å². The van der Waals surface area contributed by atoms with Gasteiger partial charge in [0.05, 0.1) is 28.8 Å². The van der Waals surface area contributed by atoms with Crippen LogP contribution in [0.3, 0.4) is 0 Å². The number of anilines is 1. The van der Waals surface area contributed by atoms with Crippen LogP contribution in [0.1, 0.15) is 65.9 Å². The van der Waals surface area contributed by atoms with Crippen molar-refractivity contribution in [1.82, 2.24) is 9.80 Å². The number of aliphatic hydroxyl groups is 1. The van der Waals surface area contributed by atoms with Crippen LogP contribution in [-0.4, -0.2) is 80.9 Å². The molecule has 9 nitrogen and oxygen atoms in total. The number of amides is 2. The van der Waals surface area contributed by atoms with Crippen molar-refractivity contribution in [3.05, 3.63) is 11.6 Å². The van der Waals surface area contributed by atoms with Crippen LogP contribution in [0, 0.1) is 11.3 Å². The van der Waals surface area contributed by atoms with Crippen molar-refractivity contribution in [3.8, 4) is 17.2 Å². The molecule has 9 heteroatoms. The molecule has 4 saturated heterocycles. The Morgan fingerprint density at radius 1 is 1.11 bits per heavy atom. The summed E-state index contributed by atoms with van der Waals surface area (Å²) < 4.78 is 12.3. The summed E-state index contributed by atoms with van der Waals surface area (Å²) in [6.07, 6.45) is 2.14. The van der Waals surface area contributed by atoms with Gasteiger partial charge in [-0.15, -0.1) is 0 Å². The molecule has 1 aromatic rings. The second-order valence-electron chi connectivity index (χ2n) is 13.7. The number of piperidine rings is 2. The third-order valence-corrected chi connectivity index (χ3v) is 11.4. The summed E-state index contributed by atoms with van der Waals surface area (Å²) in [5, 5.41) is 25.9. The molecule has 6 aliphatic heterocycles. The van der Waals surface area contributed by atoms with E-state index in [0.29, 0.717) is 62.4 Å². The van der Waals surface area contributed by atoms with E-state index in [0.717, 1.165) is 0 Å². The van der Waals surface area contributed by atoms with E-state index in [1.165, 1.54) is 0 Å². The van der Waals surface area contributed by atoms with Gasteiger partial charge < -0.3 is 29.9 Å². The molecule has 6 heterocycles. The van der Waals surface area contributed by atoms with Crippen LogP contribution < -0.4 is 14.8 Å². The van der Waals surface area contributed by atoms with E-state index < -0.39 is 33.1 Å². The Bertz CT molecular complexity index is 1290. The maximum atomic E-state index is 14.2. The monoisotopic (exact) mass is 511 g/mol. The van der Waals surface area contributed by atoms with Crippen LogP contribution in [0.5, 0.6) is 17.2 Å². The number of nitrogens with one attached hydrogen (secondary N) is 1. The number of rotatable bonds is 0. The Kier molecular flexibility index (Phi) is 4.06. The summed E-state index contributed by atoms with van der Waals surface area (Å²) in [6, 6.07) is 1.68. The van der Waals surface area contributed by atoms with E-state index in [1.807, 2.05) is 25.8 Å². The zero-order valence-corrected chi connectivity index (χ0v) is 22.5. The lowest BCUT2D eigenvalue weighted by Crippen LogP contribution is -2.82.